The highest BCUT2D eigenvalue weighted by atomic mass is 16.3. The molecular weight excluding hydrogens is 587 g/mol. The second-order valence-corrected chi connectivity index (χ2v) is 12.2. The molecule has 0 spiro atoms. The Bertz CT molecular complexity index is 2830. The summed E-state index contributed by atoms with van der Waals surface area (Å²) in [4.78, 5) is 10.5. The molecule has 48 heavy (non-hydrogen) atoms. The quantitative estimate of drug-likeness (QED) is 0.198. The summed E-state index contributed by atoms with van der Waals surface area (Å²) < 4.78 is 8.35. The molecule has 0 N–H and O–H groups in total. The lowest BCUT2D eigenvalue weighted by Crippen LogP contribution is -2.03. The van der Waals surface area contributed by atoms with Gasteiger partial charge in [0.25, 0.3) is 0 Å². The van der Waals surface area contributed by atoms with E-state index in [0.717, 1.165) is 82.6 Å². The predicted octanol–water partition coefficient (Wildman–Crippen LogP) is 11.6. The Hall–Kier alpha value is -6.52. The van der Waals surface area contributed by atoms with Crippen LogP contribution in [0.25, 0.3) is 94.1 Å². The summed E-state index contributed by atoms with van der Waals surface area (Å²) in [7, 11) is 0. The first-order chi connectivity index (χ1) is 23.8. The lowest BCUT2D eigenvalue weighted by Gasteiger charge is -2.12. The van der Waals surface area contributed by atoms with Crippen LogP contribution in [0.1, 0.15) is 0 Å². The van der Waals surface area contributed by atoms with Gasteiger partial charge in [-0.05, 0) is 64.7 Å². The molecule has 3 heterocycles. The summed E-state index contributed by atoms with van der Waals surface area (Å²) in [6.07, 6.45) is 0. The van der Waals surface area contributed by atoms with Gasteiger partial charge in [-0.25, -0.2) is 9.97 Å². The monoisotopic (exact) mass is 613 g/mol. The number of furan rings is 1. The molecule has 0 aliphatic rings. The summed E-state index contributed by atoms with van der Waals surface area (Å²) in [6, 6.07) is 57.3. The standard InChI is InChI=1S/C44H27N3O/c1-3-11-28(12-4-1)32-19-22-33-36-25-30(31-21-24-42-37(26-31)34-15-8-10-18-41(34)48-42)20-23-39(36)47(40(33)27-32)44-45-38-17-9-7-16-35(38)43(46-44)29-13-5-2-6-14-29/h1-27H. The van der Waals surface area contributed by atoms with Crippen LogP contribution >= 0.6 is 0 Å². The summed E-state index contributed by atoms with van der Waals surface area (Å²) in [5.74, 6) is 0.650. The molecule has 0 aliphatic carbocycles. The van der Waals surface area contributed by atoms with Crippen LogP contribution in [0.15, 0.2) is 168 Å². The van der Waals surface area contributed by atoms with Gasteiger partial charge in [-0.1, -0.05) is 121 Å². The fourth-order valence-corrected chi connectivity index (χ4v) is 7.11. The average molecular weight is 614 g/mol. The minimum absolute atomic E-state index is 0.650. The molecule has 0 amide bonds. The minimum Gasteiger partial charge on any atom is -0.456 e. The molecule has 0 unspecified atom stereocenters. The van der Waals surface area contributed by atoms with Gasteiger partial charge in [0.2, 0.25) is 5.95 Å². The Balaban J connectivity index is 1.24. The highest BCUT2D eigenvalue weighted by molar-refractivity contribution is 6.12. The Labute approximate surface area is 276 Å². The number of para-hydroxylation sites is 2. The normalized spacial score (nSPS) is 11.8. The zero-order valence-corrected chi connectivity index (χ0v) is 25.8. The van der Waals surface area contributed by atoms with E-state index in [9.17, 15) is 0 Å². The van der Waals surface area contributed by atoms with E-state index in [1.165, 1.54) is 5.56 Å². The van der Waals surface area contributed by atoms with Crippen molar-refractivity contribution in [1.29, 1.82) is 0 Å². The van der Waals surface area contributed by atoms with Gasteiger partial charge in [0, 0.05) is 32.5 Å². The van der Waals surface area contributed by atoms with Gasteiger partial charge < -0.3 is 4.42 Å². The molecular formula is C44H27N3O. The SMILES string of the molecule is c1ccc(-c2ccc3c4cc(-c5ccc6oc7ccccc7c6c5)ccc4n(-c4nc(-c5ccccc5)c5ccccc5n4)c3c2)cc1. The maximum absolute atomic E-state index is 6.13. The predicted molar refractivity (Wildman–Crippen MR) is 197 cm³/mol. The lowest BCUT2D eigenvalue weighted by molar-refractivity contribution is 0.669. The van der Waals surface area contributed by atoms with Crippen molar-refractivity contribution in [2.24, 2.45) is 0 Å². The first-order valence-corrected chi connectivity index (χ1v) is 16.2. The molecule has 3 aromatic heterocycles. The Kier molecular flexibility index (Phi) is 5.84. The highest BCUT2D eigenvalue weighted by Gasteiger charge is 2.19. The number of hydrogen-bond donors (Lipinski definition) is 0. The molecule has 0 saturated carbocycles. The van der Waals surface area contributed by atoms with E-state index < -0.39 is 0 Å². The summed E-state index contributed by atoms with van der Waals surface area (Å²) >= 11 is 0. The molecule has 0 bridgehead atoms. The van der Waals surface area contributed by atoms with Gasteiger partial charge in [0.1, 0.15) is 11.2 Å². The topological polar surface area (TPSA) is 43.9 Å². The Morgan fingerprint density at radius 2 is 1.00 bits per heavy atom. The van der Waals surface area contributed by atoms with Crippen molar-refractivity contribution >= 4 is 54.6 Å². The van der Waals surface area contributed by atoms with Crippen LogP contribution in [0.3, 0.4) is 0 Å². The van der Waals surface area contributed by atoms with Gasteiger partial charge in [0.15, 0.2) is 0 Å². The van der Waals surface area contributed by atoms with E-state index in [2.05, 4.69) is 144 Å². The summed E-state index contributed by atoms with van der Waals surface area (Å²) in [5, 5.41) is 5.58. The highest BCUT2D eigenvalue weighted by Crippen LogP contribution is 2.39. The first-order valence-electron chi connectivity index (χ1n) is 16.2. The van der Waals surface area contributed by atoms with Crippen LogP contribution < -0.4 is 0 Å². The third-order valence-corrected chi connectivity index (χ3v) is 9.42. The van der Waals surface area contributed by atoms with Crippen molar-refractivity contribution in [3.63, 3.8) is 0 Å². The molecule has 10 aromatic rings. The van der Waals surface area contributed by atoms with Crippen LogP contribution in [-0.4, -0.2) is 14.5 Å². The van der Waals surface area contributed by atoms with Gasteiger partial charge in [-0.15, -0.1) is 0 Å². The van der Waals surface area contributed by atoms with E-state index >= 15 is 0 Å². The largest absolute Gasteiger partial charge is 0.456 e. The molecule has 7 aromatic carbocycles. The Morgan fingerprint density at radius 3 is 1.83 bits per heavy atom. The zero-order chi connectivity index (χ0) is 31.6. The molecule has 0 atom stereocenters. The Morgan fingerprint density at radius 1 is 0.375 bits per heavy atom. The van der Waals surface area contributed by atoms with Crippen molar-refractivity contribution in [3.8, 4) is 39.5 Å². The maximum Gasteiger partial charge on any atom is 0.235 e. The maximum atomic E-state index is 6.13. The third-order valence-electron chi connectivity index (χ3n) is 9.42. The fourth-order valence-electron chi connectivity index (χ4n) is 7.11. The van der Waals surface area contributed by atoms with E-state index in [0.29, 0.717) is 5.95 Å². The first kappa shape index (κ1) is 26.7. The zero-order valence-electron chi connectivity index (χ0n) is 25.8. The summed E-state index contributed by atoms with van der Waals surface area (Å²) in [5.41, 5.74) is 11.4. The molecule has 224 valence electrons. The van der Waals surface area contributed by atoms with E-state index in [1.807, 2.05) is 24.3 Å². The van der Waals surface area contributed by atoms with E-state index in [4.69, 9.17) is 14.4 Å². The smallest absolute Gasteiger partial charge is 0.235 e. The van der Waals surface area contributed by atoms with Crippen LogP contribution in [-0.2, 0) is 0 Å². The molecule has 0 aliphatic heterocycles. The minimum atomic E-state index is 0.650. The van der Waals surface area contributed by atoms with Crippen molar-refractivity contribution in [2.75, 3.05) is 0 Å². The number of fused-ring (bicyclic) bond motifs is 7. The van der Waals surface area contributed by atoms with Crippen molar-refractivity contribution in [2.45, 2.75) is 0 Å². The van der Waals surface area contributed by atoms with Gasteiger partial charge in [-0.3, -0.25) is 4.57 Å². The third kappa shape index (κ3) is 4.16. The molecule has 0 saturated heterocycles. The van der Waals surface area contributed by atoms with Crippen molar-refractivity contribution < 1.29 is 4.42 Å². The van der Waals surface area contributed by atoms with Gasteiger partial charge in [-0.2, -0.15) is 0 Å². The van der Waals surface area contributed by atoms with Crippen LogP contribution in [0, 0.1) is 0 Å². The fraction of sp³-hybridized carbons (Fsp3) is 0. The van der Waals surface area contributed by atoms with Crippen LogP contribution in [0.2, 0.25) is 0 Å². The van der Waals surface area contributed by atoms with Gasteiger partial charge >= 0.3 is 0 Å². The second-order valence-electron chi connectivity index (χ2n) is 12.2. The number of nitrogens with zero attached hydrogens (tertiary/aromatic N) is 3. The molecule has 0 radical (unpaired) electrons. The van der Waals surface area contributed by atoms with Crippen LogP contribution in [0.5, 0.6) is 0 Å². The van der Waals surface area contributed by atoms with Crippen LogP contribution in [0.4, 0.5) is 0 Å². The number of benzene rings is 7. The van der Waals surface area contributed by atoms with Gasteiger partial charge in [0.05, 0.1) is 22.2 Å². The molecule has 0 fully saturated rings. The average Bonchev–Trinajstić information content (AvgIpc) is 3.69. The van der Waals surface area contributed by atoms with Crippen molar-refractivity contribution in [3.05, 3.63) is 164 Å². The number of hydrogen-bond acceptors (Lipinski definition) is 3. The molecule has 4 heteroatoms. The molecule has 4 nitrogen and oxygen atoms in total. The van der Waals surface area contributed by atoms with Crippen molar-refractivity contribution in [1.82, 2.24) is 14.5 Å². The summed E-state index contributed by atoms with van der Waals surface area (Å²) in [6.45, 7) is 0. The van der Waals surface area contributed by atoms with E-state index in [-0.39, 0.29) is 0 Å². The lowest BCUT2D eigenvalue weighted by atomic mass is 10.00. The molecule has 10 rings (SSSR count). The van der Waals surface area contributed by atoms with E-state index in [1.54, 1.807) is 0 Å². The second kappa shape index (κ2) is 10.5. The number of aromatic nitrogens is 3. The number of rotatable bonds is 4.